The molecular weight excluding hydrogens is 202 g/mol. The minimum Gasteiger partial charge on any atom is -0.365 e. The largest absolute Gasteiger partial charge is 0.365 e. The molecule has 0 saturated heterocycles. The molecule has 2 rings (SSSR count). The molecule has 0 fully saturated rings. The maximum atomic E-state index is 10.5. The molecule has 14 heavy (non-hydrogen) atoms. The summed E-state index contributed by atoms with van der Waals surface area (Å²) in [6.45, 7) is 0. The van der Waals surface area contributed by atoms with Gasteiger partial charge in [-0.3, -0.25) is 10.1 Å². The molecule has 5 nitrogen and oxygen atoms in total. The van der Waals surface area contributed by atoms with E-state index < -0.39 is 4.92 Å². The molecule has 0 spiro atoms. The van der Waals surface area contributed by atoms with Gasteiger partial charge in [0, 0.05) is 19.2 Å². The highest BCUT2D eigenvalue weighted by atomic mass is 32.1. The van der Waals surface area contributed by atoms with Gasteiger partial charge >= 0.3 is 0 Å². The molecular formula is C8H7N3O2S. The third-order valence-electron chi connectivity index (χ3n) is 1.80. The van der Waals surface area contributed by atoms with Gasteiger partial charge in [0.1, 0.15) is 0 Å². The molecule has 0 amide bonds. The van der Waals surface area contributed by atoms with Crippen molar-refractivity contribution in [3.8, 4) is 0 Å². The van der Waals surface area contributed by atoms with Gasteiger partial charge in [-0.25, -0.2) is 4.98 Å². The number of rotatable bonds is 2. The van der Waals surface area contributed by atoms with Crippen LogP contribution in [0, 0.1) is 10.1 Å². The first-order valence-electron chi connectivity index (χ1n) is 3.93. The number of nitro groups is 1. The molecule has 0 saturated carbocycles. The molecule has 1 aromatic heterocycles. The van der Waals surface area contributed by atoms with Crippen molar-refractivity contribution in [1.82, 2.24) is 4.98 Å². The van der Waals surface area contributed by atoms with Crippen molar-refractivity contribution in [2.24, 2.45) is 0 Å². The number of nitro benzene ring substituents is 1. The second kappa shape index (κ2) is 3.22. The topological polar surface area (TPSA) is 68.1 Å². The van der Waals surface area contributed by atoms with Crippen molar-refractivity contribution in [3.05, 3.63) is 28.3 Å². The molecule has 0 radical (unpaired) electrons. The summed E-state index contributed by atoms with van der Waals surface area (Å²) in [4.78, 5) is 14.3. The number of hydrogen-bond donors (Lipinski definition) is 1. The van der Waals surface area contributed by atoms with Gasteiger partial charge in [-0.2, -0.15) is 0 Å². The Balaban J connectivity index is 2.59. The minimum atomic E-state index is -0.405. The van der Waals surface area contributed by atoms with Crippen molar-refractivity contribution in [2.45, 2.75) is 0 Å². The van der Waals surface area contributed by atoms with Gasteiger partial charge in [0.25, 0.3) is 5.69 Å². The number of non-ortho nitro benzene ring substituents is 1. The maximum absolute atomic E-state index is 10.5. The first-order valence-corrected chi connectivity index (χ1v) is 4.75. The third-order valence-corrected chi connectivity index (χ3v) is 2.83. The number of nitrogens with one attached hydrogen (secondary N) is 1. The first kappa shape index (κ1) is 8.89. The SMILES string of the molecule is CNc1nc2ccc([N+](=O)[O-])cc2s1. The van der Waals surface area contributed by atoms with E-state index in [4.69, 9.17) is 0 Å². The summed E-state index contributed by atoms with van der Waals surface area (Å²) in [6.07, 6.45) is 0. The van der Waals surface area contributed by atoms with Crippen LogP contribution < -0.4 is 5.32 Å². The monoisotopic (exact) mass is 209 g/mol. The molecule has 1 aromatic carbocycles. The van der Waals surface area contributed by atoms with Crippen LogP contribution in [0.15, 0.2) is 18.2 Å². The van der Waals surface area contributed by atoms with Crippen molar-refractivity contribution >= 4 is 32.4 Å². The fraction of sp³-hybridized carbons (Fsp3) is 0.125. The smallest absolute Gasteiger partial charge is 0.270 e. The van der Waals surface area contributed by atoms with Gasteiger partial charge in [-0.15, -0.1) is 0 Å². The molecule has 0 bridgehead atoms. The van der Waals surface area contributed by atoms with Gasteiger partial charge in [-0.05, 0) is 6.07 Å². The van der Waals surface area contributed by atoms with Crippen molar-refractivity contribution in [2.75, 3.05) is 12.4 Å². The molecule has 0 aliphatic heterocycles. The number of anilines is 1. The average molecular weight is 209 g/mol. The molecule has 2 aromatic rings. The van der Waals surface area contributed by atoms with Crippen LogP contribution in [0.2, 0.25) is 0 Å². The van der Waals surface area contributed by atoms with Gasteiger partial charge < -0.3 is 5.32 Å². The first-order chi connectivity index (χ1) is 6.70. The fourth-order valence-electron chi connectivity index (χ4n) is 1.13. The van der Waals surface area contributed by atoms with Crippen LogP contribution in [-0.2, 0) is 0 Å². The summed E-state index contributed by atoms with van der Waals surface area (Å²) in [6, 6.07) is 4.65. The molecule has 0 unspecified atom stereocenters. The van der Waals surface area contributed by atoms with Crippen molar-refractivity contribution in [3.63, 3.8) is 0 Å². The fourth-order valence-corrected chi connectivity index (χ4v) is 1.99. The second-order valence-corrected chi connectivity index (χ2v) is 3.71. The van der Waals surface area contributed by atoms with E-state index in [9.17, 15) is 10.1 Å². The Kier molecular flexibility index (Phi) is 2.05. The standard InChI is InChI=1S/C8H7N3O2S/c1-9-8-10-6-3-2-5(11(12)13)4-7(6)14-8/h2-4H,1H3,(H,9,10). The van der Waals surface area contributed by atoms with E-state index >= 15 is 0 Å². The summed E-state index contributed by atoms with van der Waals surface area (Å²) < 4.78 is 0.823. The van der Waals surface area contributed by atoms with E-state index in [0.717, 1.165) is 15.3 Å². The number of nitrogens with zero attached hydrogens (tertiary/aromatic N) is 2. The Morgan fingerprint density at radius 1 is 1.57 bits per heavy atom. The predicted octanol–water partition coefficient (Wildman–Crippen LogP) is 2.25. The highest BCUT2D eigenvalue weighted by Gasteiger charge is 2.09. The highest BCUT2D eigenvalue weighted by Crippen LogP contribution is 2.28. The molecule has 1 N–H and O–H groups in total. The van der Waals surface area contributed by atoms with Gasteiger partial charge in [-0.1, -0.05) is 11.3 Å². The van der Waals surface area contributed by atoms with Crippen LogP contribution in [0.3, 0.4) is 0 Å². The van der Waals surface area contributed by atoms with Crippen LogP contribution >= 0.6 is 11.3 Å². The van der Waals surface area contributed by atoms with Crippen LogP contribution in [0.5, 0.6) is 0 Å². The quantitative estimate of drug-likeness (QED) is 0.608. The lowest BCUT2D eigenvalue weighted by Gasteiger charge is -1.88. The second-order valence-electron chi connectivity index (χ2n) is 2.68. The summed E-state index contributed by atoms with van der Waals surface area (Å²) in [7, 11) is 1.77. The maximum Gasteiger partial charge on any atom is 0.270 e. The number of aromatic nitrogens is 1. The van der Waals surface area contributed by atoms with E-state index in [2.05, 4.69) is 10.3 Å². The summed E-state index contributed by atoms with van der Waals surface area (Å²) in [5.41, 5.74) is 0.883. The lowest BCUT2D eigenvalue weighted by atomic mass is 10.3. The van der Waals surface area contributed by atoms with Gasteiger partial charge in [0.15, 0.2) is 5.13 Å². The highest BCUT2D eigenvalue weighted by molar-refractivity contribution is 7.22. The molecule has 0 aliphatic rings. The van der Waals surface area contributed by atoms with Gasteiger partial charge in [0.05, 0.1) is 15.1 Å². The predicted molar refractivity (Wildman–Crippen MR) is 55.8 cm³/mol. The Labute approximate surface area is 83.5 Å². The molecule has 1 heterocycles. The number of benzene rings is 1. The zero-order valence-corrected chi connectivity index (χ0v) is 8.17. The zero-order valence-electron chi connectivity index (χ0n) is 7.35. The Bertz CT molecular complexity index is 494. The normalized spacial score (nSPS) is 10.4. The summed E-state index contributed by atoms with van der Waals surface area (Å²) >= 11 is 1.40. The van der Waals surface area contributed by atoms with Crippen molar-refractivity contribution in [1.29, 1.82) is 0 Å². The lowest BCUT2D eigenvalue weighted by molar-refractivity contribution is -0.384. The molecule has 6 heteroatoms. The molecule has 72 valence electrons. The van der Waals surface area contributed by atoms with Crippen LogP contribution in [0.25, 0.3) is 10.2 Å². The van der Waals surface area contributed by atoms with E-state index in [1.54, 1.807) is 13.1 Å². The van der Waals surface area contributed by atoms with Gasteiger partial charge in [0.2, 0.25) is 0 Å². The Morgan fingerprint density at radius 3 is 3.00 bits per heavy atom. The zero-order chi connectivity index (χ0) is 10.1. The van der Waals surface area contributed by atoms with E-state index in [-0.39, 0.29) is 5.69 Å². The summed E-state index contributed by atoms with van der Waals surface area (Å²) in [5, 5.41) is 14.2. The number of thiazole rings is 1. The number of fused-ring (bicyclic) bond motifs is 1. The van der Waals surface area contributed by atoms with Crippen LogP contribution in [-0.4, -0.2) is 17.0 Å². The Morgan fingerprint density at radius 2 is 2.36 bits per heavy atom. The summed E-state index contributed by atoms with van der Waals surface area (Å²) in [5.74, 6) is 0. The van der Waals surface area contributed by atoms with E-state index in [1.165, 1.54) is 23.5 Å². The Hall–Kier alpha value is -1.69. The molecule has 0 aliphatic carbocycles. The minimum absolute atomic E-state index is 0.101. The van der Waals surface area contributed by atoms with Crippen LogP contribution in [0.1, 0.15) is 0 Å². The third kappa shape index (κ3) is 1.39. The number of hydrogen-bond acceptors (Lipinski definition) is 5. The van der Waals surface area contributed by atoms with E-state index in [1.807, 2.05) is 0 Å². The lowest BCUT2D eigenvalue weighted by Crippen LogP contribution is -1.86. The van der Waals surface area contributed by atoms with E-state index in [0.29, 0.717) is 0 Å². The molecule has 0 atom stereocenters. The van der Waals surface area contributed by atoms with Crippen LogP contribution in [0.4, 0.5) is 10.8 Å². The van der Waals surface area contributed by atoms with Crippen molar-refractivity contribution < 1.29 is 4.92 Å². The average Bonchev–Trinajstić information content (AvgIpc) is 2.58.